The normalized spacial score (nSPS) is 9.94. The Kier molecular flexibility index (Phi) is 4.41. The SMILES string of the molecule is O=C(O)CC(=O)Nc1c(Cl)cc(Cl)cc1Cl. The molecular formula is C9H6Cl3NO3. The van der Waals surface area contributed by atoms with Gasteiger partial charge in [0.05, 0.1) is 15.7 Å². The lowest BCUT2D eigenvalue weighted by Crippen LogP contribution is -2.16. The molecule has 1 rings (SSSR count). The van der Waals surface area contributed by atoms with Gasteiger partial charge in [-0.25, -0.2) is 0 Å². The third-order valence-corrected chi connectivity index (χ3v) is 2.40. The minimum absolute atomic E-state index is 0.149. The summed E-state index contributed by atoms with van der Waals surface area (Å²) < 4.78 is 0. The van der Waals surface area contributed by atoms with Crippen molar-refractivity contribution in [3.63, 3.8) is 0 Å². The molecule has 2 N–H and O–H groups in total. The highest BCUT2D eigenvalue weighted by Gasteiger charge is 2.13. The van der Waals surface area contributed by atoms with Crippen molar-refractivity contribution in [3.8, 4) is 0 Å². The van der Waals surface area contributed by atoms with Gasteiger partial charge in [-0.2, -0.15) is 0 Å². The number of carbonyl (C=O) groups excluding carboxylic acids is 1. The summed E-state index contributed by atoms with van der Waals surface area (Å²) in [5.74, 6) is -1.95. The minimum atomic E-state index is -1.24. The van der Waals surface area contributed by atoms with E-state index >= 15 is 0 Å². The van der Waals surface area contributed by atoms with Gasteiger partial charge in [0.25, 0.3) is 0 Å². The molecule has 0 aliphatic carbocycles. The maximum absolute atomic E-state index is 11.2. The highest BCUT2D eigenvalue weighted by molar-refractivity contribution is 6.42. The van der Waals surface area contributed by atoms with Gasteiger partial charge in [0, 0.05) is 5.02 Å². The second kappa shape index (κ2) is 5.39. The van der Waals surface area contributed by atoms with E-state index in [0.717, 1.165) is 0 Å². The largest absolute Gasteiger partial charge is 0.481 e. The maximum Gasteiger partial charge on any atom is 0.312 e. The van der Waals surface area contributed by atoms with E-state index in [0.29, 0.717) is 5.02 Å². The fourth-order valence-electron chi connectivity index (χ4n) is 0.983. The van der Waals surface area contributed by atoms with Crippen LogP contribution >= 0.6 is 34.8 Å². The van der Waals surface area contributed by atoms with Gasteiger partial charge >= 0.3 is 5.97 Å². The molecule has 1 aromatic rings. The number of halogens is 3. The van der Waals surface area contributed by atoms with Crippen molar-refractivity contribution in [1.29, 1.82) is 0 Å². The second-order valence-electron chi connectivity index (χ2n) is 2.86. The molecule has 0 aliphatic rings. The molecule has 0 radical (unpaired) electrons. The molecule has 0 fully saturated rings. The lowest BCUT2D eigenvalue weighted by Gasteiger charge is -2.08. The summed E-state index contributed by atoms with van der Waals surface area (Å²) in [7, 11) is 0. The van der Waals surface area contributed by atoms with Crippen LogP contribution in [0.3, 0.4) is 0 Å². The molecular weight excluding hydrogens is 276 g/mol. The van der Waals surface area contributed by atoms with Crippen LogP contribution in [0.25, 0.3) is 0 Å². The van der Waals surface area contributed by atoms with E-state index in [1.807, 2.05) is 0 Å². The Balaban J connectivity index is 2.89. The zero-order valence-corrected chi connectivity index (χ0v) is 10.0. The lowest BCUT2D eigenvalue weighted by atomic mass is 10.3. The van der Waals surface area contributed by atoms with Crippen molar-refractivity contribution < 1.29 is 14.7 Å². The first-order chi connectivity index (χ1) is 7.40. The van der Waals surface area contributed by atoms with Crippen molar-refractivity contribution in [2.45, 2.75) is 6.42 Å². The topological polar surface area (TPSA) is 66.4 Å². The van der Waals surface area contributed by atoms with Gasteiger partial charge in [-0.3, -0.25) is 9.59 Å². The lowest BCUT2D eigenvalue weighted by molar-refractivity contribution is -0.139. The Labute approximate surface area is 106 Å². The zero-order chi connectivity index (χ0) is 12.3. The van der Waals surface area contributed by atoms with Crippen molar-refractivity contribution >= 4 is 52.4 Å². The summed E-state index contributed by atoms with van der Waals surface area (Å²) >= 11 is 17.2. The Morgan fingerprint density at radius 3 is 2.12 bits per heavy atom. The van der Waals surface area contributed by atoms with Gasteiger partial charge in [-0.1, -0.05) is 34.8 Å². The Hall–Kier alpha value is -0.970. The molecule has 0 heterocycles. The predicted octanol–water partition coefficient (Wildman–Crippen LogP) is 3.06. The number of hydrogen-bond acceptors (Lipinski definition) is 2. The average molecular weight is 283 g/mol. The van der Waals surface area contributed by atoms with Crippen LogP contribution in [0.4, 0.5) is 5.69 Å². The summed E-state index contributed by atoms with van der Waals surface area (Å²) in [6, 6.07) is 2.79. The first-order valence-electron chi connectivity index (χ1n) is 4.06. The number of nitrogens with one attached hydrogen (secondary N) is 1. The van der Waals surface area contributed by atoms with Gasteiger partial charge in [0.15, 0.2) is 0 Å². The molecule has 0 unspecified atom stereocenters. The number of carboxylic acids is 1. The Morgan fingerprint density at radius 2 is 1.69 bits per heavy atom. The Bertz CT molecular complexity index is 425. The molecule has 4 nitrogen and oxygen atoms in total. The maximum atomic E-state index is 11.2. The first kappa shape index (κ1) is 13.1. The van der Waals surface area contributed by atoms with E-state index < -0.39 is 18.3 Å². The molecule has 0 aromatic heterocycles. The molecule has 16 heavy (non-hydrogen) atoms. The van der Waals surface area contributed by atoms with Crippen molar-refractivity contribution in [1.82, 2.24) is 0 Å². The molecule has 0 saturated heterocycles. The summed E-state index contributed by atoms with van der Waals surface area (Å²) in [5.41, 5.74) is 0.152. The summed E-state index contributed by atoms with van der Waals surface area (Å²) in [5, 5.41) is 11.3. The van der Waals surface area contributed by atoms with Crippen LogP contribution in [0.1, 0.15) is 6.42 Å². The van der Waals surface area contributed by atoms with Crippen LogP contribution in [0.5, 0.6) is 0 Å². The van der Waals surface area contributed by atoms with E-state index in [4.69, 9.17) is 39.9 Å². The van der Waals surface area contributed by atoms with E-state index in [1.54, 1.807) is 0 Å². The zero-order valence-electron chi connectivity index (χ0n) is 7.76. The quantitative estimate of drug-likeness (QED) is 0.837. The number of benzene rings is 1. The molecule has 0 saturated carbocycles. The van der Waals surface area contributed by atoms with E-state index in [1.165, 1.54) is 12.1 Å². The van der Waals surface area contributed by atoms with E-state index in [-0.39, 0.29) is 15.7 Å². The van der Waals surface area contributed by atoms with Crippen LogP contribution in [0.15, 0.2) is 12.1 Å². The number of aliphatic carboxylic acids is 1. The molecule has 0 bridgehead atoms. The number of carboxylic acid groups (broad SMARTS) is 1. The molecule has 0 spiro atoms. The number of amides is 1. The van der Waals surface area contributed by atoms with Crippen LogP contribution in [-0.4, -0.2) is 17.0 Å². The number of rotatable bonds is 3. The summed E-state index contributed by atoms with van der Waals surface area (Å²) in [6.45, 7) is 0. The molecule has 1 aromatic carbocycles. The summed E-state index contributed by atoms with van der Waals surface area (Å²) in [6.07, 6.45) is -0.657. The molecule has 7 heteroatoms. The minimum Gasteiger partial charge on any atom is -0.481 e. The Morgan fingerprint density at radius 1 is 1.19 bits per heavy atom. The molecule has 86 valence electrons. The number of anilines is 1. The monoisotopic (exact) mass is 281 g/mol. The van der Waals surface area contributed by atoms with Crippen molar-refractivity contribution in [2.24, 2.45) is 0 Å². The predicted molar refractivity (Wildman–Crippen MR) is 62.4 cm³/mol. The standard InChI is InChI=1S/C9H6Cl3NO3/c10-4-1-5(11)9(6(12)2-4)13-7(14)3-8(15)16/h1-2H,3H2,(H,13,14)(H,15,16). The van der Waals surface area contributed by atoms with Gasteiger partial charge in [-0.15, -0.1) is 0 Å². The van der Waals surface area contributed by atoms with Crippen LogP contribution < -0.4 is 5.32 Å². The highest BCUT2D eigenvalue weighted by Crippen LogP contribution is 2.33. The van der Waals surface area contributed by atoms with E-state index in [9.17, 15) is 9.59 Å². The third kappa shape index (κ3) is 3.56. The van der Waals surface area contributed by atoms with E-state index in [2.05, 4.69) is 5.32 Å². The number of carbonyl (C=O) groups is 2. The van der Waals surface area contributed by atoms with Crippen LogP contribution in [0.2, 0.25) is 15.1 Å². The van der Waals surface area contributed by atoms with Gasteiger partial charge in [-0.05, 0) is 12.1 Å². The van der Waals surface area contributed by atoms with Gasteiger partial charge in [0.2, 0.25) is 5.91 Å². The van der Waals surface area contributed by atoms with Crippen molar-refractivity contribution in [2.75, 3.05) is 5.32 Å². The smallest absolute Gasteiger partial charge is 0.312 e. The molecule has 1 amide bonds. The second-order valence-corrected chi connectivity index (χ2v) is 4.11. The first-order valence-corrected chi connectivity index (χ1v) is 5.19. The fraction of sp³-hybridized carbons (Fsp3) is 0.111. The van der Waals surface area contributed by atoms with Crippen LogP contribution in [-0.2, 0) is 9.59 Å². The third-order valence-electron chi connectivity index (χ3n) is 1.58. The summed E-state index contributed by atoms with van der Waals surface area (Å²) in [4.78, 5) is 21.4. The molecule has 0 atom stereocenters. The van der Waals surface area contributed by atoms with Crippen LogP contribution in [0, 0.1) is 0 Å². The van der Waals surface area contributed by atoms with Gasteiger partial charge in [0.1, 0.15) is 6.42 Å². The molecule has 0 aliphatic heterocycles. The van der Waals surface area contributed by atoms with Crippen molar-refractivity contribution in [3.05, 3.63) is 27.2 Å². The number of hydrogen-bond donors (Lipinski definition) is 2. The van der Waals surface area contributed by atoms with Gasteiger partial charge < -0.3 is 10.4 Å². The average Bonchev–Trinajstić information content (AvgIpc) is 2.09. The highest BCUT2D eigenvalue weighted by atomic mass is 35.5. The fourth-order valence-corrected chi connectivity index (χ4v) is 1.89.